The van der Waals surface area contributed by atoms with E-state index in [0.717, 1.165) is 5.56 Å². The van der Waals surface area contributed by atoms with Crippen LogP contribution in [0.2, 0.25) is 10.0 Å². The first kappa shape index (κ1) is 15.6. The second-order valence-corrected chi connectivity index (χ2v) is 5.31. The van der Waals surface area contributed by atoms with Crippen LogP contribution in [0.5, 0.6) is 0 Å². The number of rotatable bonds is 4. The summed E-state index contributed by atoms with van der Waals surface area (Å²) in [4.78, 5) is 11.0. The third-order valence-corrected chi connectivity index (χ3v) is 3.36. The molecule has 0 fully saturated rings. The summed E-state index contributed by atoms with van der Waals surface area (Å²) in [6.07, 6.45) is 0. The third kappa shape index (κ3) is 4.34. The van der Waals surface area contributed by atoms with E-state index in [-0.39, 0.29) is 11.6 Å². The highest BCUT2D eigenvalue weighted by atomic mass is 35.5. The van der Waals surface area contributed by atoms with E-state index in [1.54, 1.807) is 18.2 Å². The average Bonchev–Trinajstić information content (AvgIpc) is 2.40. The number of benzene rings is 2. The van der Waals surface area contributed by atoms with Crippen molar-refractivity contribution in [2.75, 3.05) is 10.6 Å². The molecule has 0 heterocycles. The Balaban J connectivity index is 2.11. The van der Waals surface area contributed by atoms with Crippen LogP contribution in [-0.4, -0.2) is 5.91 Å². The van der Waals surface area contributed by atoms with Crippen LogP contribution in [0.15, 0.2) is 36.4 Å². The van der Waals surface area contributed by atoms with Crippen molar-refractivity contribution in [1.29, 1.82) is 0 Å². The van der Waals surface area contributed by atoms with Crippen LogP contribution in [-0.2, 0) is 11.3 Å². The molecule has 2 aromatic rings. The first-order valence-electron chi connectivity index (χ1n) is 6.20. The van der Waals surface area contributed by atoms with E-state index >= 15 is 0 Å². The van der Waals surface area contributed by atoms with Crippen molar-refractivity contribution in [1.82, 2.24) is 0 Å². The minimum atomic E-state index is -0.486. The Morgan fingerprint density at radius 1 is 1.19 bits per heavy atom. The predicted molar refractivity (Wildman–Crippen MR) is 84.5 cm³/mol. The van der Waals surface area contributed by atoms with Gasteiger partial charge in [-0.2, -0.15) is 0 Å². The normalized spacial score (nSPS) is 10.3. The molecule has 0 radical (unpaired) electrons. The maximum atomic E-state index is 13.5. The summed E-state index contributed by atoms with van der Waals surface area (Å²) >= 11 is 11.9. The minimum absolute atomic E-state index is 0.134. The molecule has 0 saturated heterocycles. The highest BCUT2D eigenvalue weighted by molar-refractivity contribution is 6.35. The second kappa shape index (κ2) is 6.78. The van der Waals surface area contributed by atoms with Gasteiger partial charge in [0.25, 0.3) is 0 Å². The Hall–Kier alpha value is -1.78. The van der Waals surface area contributed by atoms with Crippen LogP contribution < -0.4 is 10.6 Å². The molecule has 2 aromatic carbocycles. The summed E-state index contributed by atoms with van der Waals surface area (Å²) in [5.74, 6) is -0.813. The maximum Gasteiger partial charge on any atom is 0.221 e. The van der Waals surface area contributed by atoms with Crippen LogP contribution in [0.4, 0.5) is 15.8 Å². The SMILES string of the molecule is CC(=O)Nc1cc(NCc2ccc(Cl)cc2Cl)ccc1F. The molecule has 0 spiro atoms. The molecule has 0 saturated carbocycles. The molecule has 21 heavy (non-hydrogen) atoms. The molecule has 0 aliphatic heterocycles. The van der Waals surface area contributed by atoms with E-state index in [1.165, 1.54) is 19.1 Å². The van der Waals surface area contributed by atoms with Crippen LogP contribution in [0, 0.1) is 5.82 Å². The molecule has 110 valence electrons. The first-order valence-corrected chi connectivity index (χ1v) is 6.96. The second-order valence-electron chi connectivity index (χ2n) is 4.47. The van der Waals surface area contributed by atoms with Crippen molar-refractivity contribution in [2.45, 2.75) is 13.5 Å². The van der Waals surface area contributed by atoms with Gasteiger partial charge < -0.3 is 10.6 Å². The lowest BCUT2D eigenvalue weighted by atomic mass is 10.2. The van der Waals surface area contributed by atoms with Gasteiger partial charge in [-0.25, -0.2) is 4.39 Å². The zero-order valence-corrected chi connectivity index (χ0v) is 12.7. The van der Waals surface area contributed by atoms with E-state index in [0.29, 0.717) is 22.3 Å². The highest BCUT2D eigenvalue weighted by Crippen LogP contribution is 2.23. The summed E-state index contributed by atoms with van der Waals surface area (Å²) in [6, 6.07) is 9.63. The maximum absolute atomic E-state index is 13.5. The summed E-state index contributed by atoms with van der Waals surface area (Å²) < 4.78 is 13.5. The molecule has 0 aliphatic carbocycles. The largest absolute Gasteiger partial charge is 0.381 e. The van der Waals surface area contributed by atoms with Gasteiger partial charge in [-0.15, -0.1) is 0 Å². The Kier molecular flexibility index (Phi) is 5.04. The first-order chi connectivity index (χ1) is 9.95. The van der Waals surface area contributed by atoms with Crippen LogP contribution >= 0.6 is 23.2 Å². The zero-order valence-electron chi connectivity index (χ0n) is 11.2. The number of hydrogen-bond acceptors (Lipinski definition) is 2. The molecule has 0 bridgehead atoms. The lowest BCUT2D eigenvalue weighted by Crippen LogP contribution is -2.08. The molecule has 6 heteroatoms. The van der Waals surface area contributed by atoms with Crippen molar-refractivity contribution in [3.8, 4) is 0 Å². The number of nitrogens with one attached hydrogen (secondary N) is 2. The summed E-state index contributed by atoms with van der Waals surface area (Å²) in [5.41, 5.74) is 1.67. The minimum Gasteiger partial charge on any atom is -0.381 e. The average molecular weight is 327 g/mol. The van der Waals surface area contributed by atoms with Gasteiger partial charge in [-0.1, -0.05) is 29.3 Å². The summed E-state index contributed by atoms with van der Waals surface area (Å²) in [6.45, 7) is 1.79. The van der Waals surface area contributed by atoms with Crippen molar-refractivity contribution in [3.05, 3.63) is 57.8 Å². The Labute approximate surface area is 132 Å². The molecule has 0 unspecified atom stereocenters. The van der Waals surface area contributed by atoms with E-state index < -0.39 is 5.82 Å². The van der Waals surface area contributed by atoms with Gasteiger partial charge in [0.05, 0.1) is 5.69 Å². The quantitative estimate of drug-likeness (QED) is 0.854. The fraction of sp³-hybridized carbons (Fsp3) is 0.133. The van der Waals surface area contributed by atoms with Gasteiger partial charge in [-0.05, 0) is 35.9 Å². The molecule has 1 amide bonds. The molecule has 2 N–H and O–H groups in total. The smallest absolute Gasteiger partial charge is 0.221 e. The number of carbonyl (C=O) groups excluding carboxylic acids is 1. The van der Waals surface area contributed by atoms with Crippen LogP contribution in [0.1, 0.15) is 12.5 Å². The number of hydrogen-bond donors (Lipinski definition) is 2. The van der Waals surface area contributed by atoms with Gasteiger partial charge in [0.1, 0.15) is 5.82 Å². The number of amides is 1. The molecule has 3 nitrogen and oxygen atoms in total. The molecule has 0 aromatic heterocycles. The highest BCUT2D eigenvalue weighted by Gasteiger charge is 2.06. The van der Waals surface area contributed by atoms with Crippen molar-refractivity contribution >= 4 is 40.5 Å². The fourth-order valence-corrected chi connectivity index (χ4v) is 2.26. The lowest BCUT2D eigenvalue weighted by Gasteiger charge is -2.11. The van der Waals surface area contributed by atoms with Crippen molar-refractivity contribution in [2.24, 2.45) is 0 Å². The topological polar surface area (TPSA) is 41.1 Å². The van der Waals surface area contributed by atoms with Crippen molar-refractivity contribution < 1.29 is 9.18 Å². The van der Waals surface area contributed by atoms with Crippen LogP contribution in [0.25, 0.3) is 0 Å². The third-order valence-electron chi connectivity index (χ3n) is 2.78. The molecule has 2 rings (SSSR count). The number of carbonyl (C=O) groups is 1. The van der Waals surface area contributed by atoms with E-state index in [9.17, 15) is 9.18 Å². The number of halogens is 3. The van der Waals surface area contributed by atoms with E-state index in [1.807, 2.05) is 6.07 Å². The Morgan fingerprint density at radius 2 is 1.95 bits per heavy atom. The fourth-order valence-electron chi connectivity index (χ4n) is 1.78. The zero-order chi connectivity index (χ0) is 15.4. The summed E-state index contributed by atoms with van der Waals surface area (Å²) in [5, 5.41) is 6.67. The molecule has 0 aliphatic rings. The lowest BCUT2D eigenvalue weighted by molar-refractivity contribution is -0.114. The molecular weight excluding hydrogens is 314 g/mol. The number of anilines is 2. The van der Waals surface area contributed by atoms with Gasteiger partial charge in [0, 0.05) is 29.2 Å². The van der Waals surface area contributed by atoms with Gasteiger partial charge in [-0.3, -0.25) is 4.79 Å². The molecular formula is C15H13Cl2FN2O. The predicted octanol–water partition coefficient (Wildman–Crippen LogP) is 4.70. The van der Waals surface area contributed by atoms with Gasteiger partial charge in [0.2, 0.25) is 5.91 Å². The van der Waals surface area contributed by atoms with Gasteiger partial charge >= 0.3 is 0 Å². The van der Waals surface area contributed by atoms with Crippen molar-refractivity contribution in [3.63, 3.8) is 0 Å². The van der Waals surface area contributed by atoms with E-state index in [2.05, 4.69) is 10.6 Å². The van der Waals surface area contributed by atoms with Crippen LogP contribution in [0.3, 0.4) is 0 Å². The Bertz CT molecular complexity index is 677. The molecule has 0 atom stereocenters. The van der Waals surface area contributed by atoms with E-state index in [4.69, 9.17) is 23.2 Å². The van der Waals surface area contributed by atoms with Gasteiger partial charge in [0.15, 0.2) is 0 Å². The monoisotopic (exact) mass is 326 g/mol. The summed E-state index contributed by atoms with van der Waals surface area (Å²) in [7, 11) is 0. The standard InChI is InChI=1S/C15H13Cl2FN2O/c1-9(21)20-15-7-12(4-5-14(15)18)19-8-10-2-3-11(16)6-13(10)17/h2-7,19H,8H2,1H3,(H,20,21). The Morgan fingerprint density at radius 3 is 2.62 bits per heavy atom.